The van der Waals surface area contributed by atoms with Crippen LogP contribution in [0, 0.1) is 0 Å². The number of halogens is 1. The predicted octanol–water partition coefficient (Wildman–Crippen LogP) is 1.16. The number of nitrogens with zero attached hydrogens (tertiary/aromatic N) is 3. The number of aliphatic carboxylic acids is 1. The highest BCUT2D eigenvalue weighted by Crippen LogP contribution is 2.24. The number of carboxylic acid groups (broad SMARTS) is 1. The first-order valence-electron chi connectivity index (χ1n) is 3.85. The maximum absolute atomic E-state index is 10.8. The zero-order valence-electron chi connectivity index (χ0n) is 7.36. The second-order valence-electron chi connectivity index (χ2n) is 2.69. The van der Waals surface area contributed by atoms with E-state index in [9.17, 15) is 4.79 Å². The molecule has 5 nitrogen and oxygen atoms in total. The molecule has 0 spiro atoms. The Morgan fingerprint density at radius 3 is 2.69 bits per heavy atom. The van der Waals surface area contributed by atoms with Crippen molar-refractivity contribution in [2.75, 3.05) is 0 Å². The van der Waals surface area contributed by atoms with E-state index in [1.54, 1.807) is 7.05 Å². The molecule has 0 fully saturated rings. The van der Waals surface area contributed by atoms with Crippen LogP contribution in [0.25, 0.3) is 0 Å². The minimum absolute atomic E-state index is 0.504. The van der Waals surface area contributed by atoms with Gasteiger partial charge in [-0.2, -0.15) is 0 Å². The van der Waals surface area contributed by atoms with E-state index >= 15 is 0 Å². The molecule has 1 heterocycles. The highest BCUT2D eigenvalue weighted by Gasteiger charge is 2.24. The molecule has 1 unspecified atom stereocenters. The van der Waals surface area contributed by atoms with Crippen LogP contribution in [-0.2, 0) is 11.8 Å². The van der Waals surface area contributed by atoms with Crippen LogP contribution in [0.5, 0.6) is 0 Å². The fourth-order valence-electron chi connectivity index (χ4n) is 1.19. The number of hydrogen-bond donors (Lipinski definition) is 1. The summed E-state index contributed by atoms with van der Waals surface area (Å²) in [5.41, 5.74) is 0.606. The van der Waals surface area contributed by atoms with Gasteiger partial charge in [0.25, 0.3) is 0 Å². The topological polar surface area (TPSA) is 68.0 Å². The fourth-order valence-corrected chi connectivity index (χ4v) is 1.80. The number of carboxylic acids is 1. The second kappa shape index (κ2) is 3.87. The summed E-state index contributed by atoms with van der Waals surface area (Å²) in [6.45, 7) is 1.82. The standard InChI is InChI=1S/C7H10BrN3O2/c1-3-4(7(12)13)5-6(8)9-10-11(5)2/h4H,3H2,1-2H3,(H,12,13). The van der Waals surface area contributed by atoms with E-state index < -0.39 is 11.9 Å². The molecule has 0 saturated carbocycles. The van der Waals surface area contributed by atoms with Crippen LogP contribution < -0.4 is 0 Å². The molecule has 0 aliphatic carbocycles. The van der Waals surface area contributed by atoms with Crippen molar-refractivity contribution >= 4 is 21.9 Å². The molecule has 1 aromatic heterocycles. The minimum atomic E-state index is -0.853. The highest BCUT2D eigenvalue weighted by molar-refractivity contribution is 9.10. The van der Waals surface area contributed by atoms with Crippen LogP contribution in [0.2, 0.25) is 0 Å². The Hall–Kier alpha value is -0.910. The first-order valence-corrected chi connectivity index (χ1v) is 4.65. The maximum atomic E-state index is 10.8. The Bertz CT molecular complexity index is 304. The van der Waals surface area contributed by atoms with E-state index in [-0.39, 0.29) is 0 Å². The zero-order chi connectivity index (χ0) is 10.0. The molecule has 13 heavy (non-hydrogen) atoms. The third kappa shape index (κ3) is 1.88. The molecule has 1 aromatic rings. The number of aryl methyl sites for hydroxylation is 1. The van der Waals surface area contributed by atoms with Crippen LogP contribution in [-0.4, -0.2) is 26.1 Å². The van der Waals surface area contributed by atoms with Gasteiger partial charge in [-0.15, -0.1) is 5.10 Å². The van der Waals surface area contributed by atoms with Gasteiger partial charge in [-0.3, -0.25) is 9.48 Å². The van der Waals surface area contributed by atoms with Crippen molar-refractivity contribution in [2.24, 2.45) is 7.05 Å². The van der Waals surface area contributed by atoms with E-state index in [4.69, 9.17) is 5.11 Å². The molecule has 0 radical (unpaired) electrons. The van der Waals surface area contributed by atoms with Crippen molar-refractivity contribution in [3.05, 3.63) is 10.3 Å². The Morgan fingerprint density at radius 1 is 1.77 bits per heavy atom. The average Bonchev–Trinajstić information content (AvgIpc) is 2.36. The molecule has 1 atom stereocenters. The lowest BCUT2D eigenvalue weighted by Crippen LogP contribution is -2.14. The average molecular weight is 248 g/mol. The molecular weight excluding hydrogens is 238 g/mol. The van der Waals surface area contributed by atoms with Gasteiger partial charge in [-0.1, -0.05) is 12.1 Å². The molecule has 72 valence electrons. The summed E-state index contributed by atoms with van der Waals surface area (Å²) in [6.07, 6.45) is 0.523. The Labute approximate surface area is 83.9 Å². The monoisotopic (exact) mass is 247 g/mol. The van der Waals surface area contributed by atoms with Gasteiger partial charge in [0.05, 0.1) is 5.69 Å². The summed E-state index contributed by atoms with van der Waals surface area (Å²) in [6, 6.07) is 0. The van der Waals surface area contributed by atoms with Crippen LogP contribution in [0.15, 0.2) is 4.60 Å². The summed E-state index contributed by atoms with van der Waals surface area (Å²) in [5.74, 6) is -1.40. The molecule has 0 saturated heterocycles. The SMILES string of the molecule is CCC(C(=O)O)c1c(Br)nnn1C. The molecule has 0 aliphatic heterocycles. The van der Waals surface area contributed by atoms with Gasteiger partial charge in [0.1, 0.15) is 5.92 Å². The van der Waals surface area contributed by atoms with Gasteiger partial charge in [0.15, 0.2) is 4.60 Å². The van der Waals surface area contributed by atoms with Crippen molar-refractivity contribution in [3.8, 4) is 0 Å². The summed E-state index contributed by atoms with van der Waals surface area (Å²) >= 11 is 3.17. The van der Waals surface area contributed by atoms with E-state index in [0.717, 1.165) is 0 Å². The summed E-state index contributed by atoms with van der Waals surface area (Å²) in [4.78, 5) is 10.8. The van der Waals surface area contributed by atoms with Gasteiger partial charge in [0.2, 0.25) is 0 Å². The van der Waals surface area contributed by atoms with Gasteiger partial charge < -0.3 is 5.11 Å². The van der Waals surface area contributed by atoms with Gasteiger partial charge >= 0.3 is 5.97 Å². The lowest BCUT2D eigenvalue weighted by Gasteiger charge is -2.09. The lowest BCUT2D eigenvalue weighted by molar-refractivity contribution is -0.139. The van der Waals surface area contributed by atoms with E-state index in [1.165, 1.54) is 4.68 Å². The third-order valence-corrected chi connectivity index (χ3v) is 2.43. The third-order valence-electron chi connectivity index (χ3n) is 1.86. The molecule has 0 bridgehead atoms. The molecule has 1 N–H and O–H groups in total. The maximum Gasteiger partial charge on any atom is 0.312 e. The van der Waals surface area contributed by atoms with Crippen molar-refractivity contribution in [1.29, 1.82) is 0 Å². The van der Waals surface area contributed by atoms with Crippen molar-refractivity contribution in [1.82, 2.24) is 15.0 Å². The van der Waals surface area contributed by atoms with E-state index in [1.807, 2.05) is 6.92 Å². The Morgan fingerprint density at radius 2 is 2.38 bits per heavy atom. The molecule has 0 aromatic carbocycles. The van der Waals surface area contributed by atoms with Crippen LogP contribution in [0.4, 0.5) is 0 Å². The van der Waals surface area contributed by atoms with Gasteiger partial charge in [-0.25, -0.2) is 0 Å². The molecule has 0 amide bonds. The van der Waals surface area contributed by atoms with Crippen molar-refractivity contribution in [2.45, 2.75) is 19.3 Å². The first-order chi connectivity index (χ1) is 6.07. The normalized spacial score (nSPS) is 12.8. The minimum Gasteiger partial charge on any atom is -0.481 e. The molecule has 1 rings (SSSR count). The molecule has 6 heteroatoms. The van der Waals surface area contributed by atoms with E-state index in [2.05, 4.69) is 26.2 Å². The summed E-state index contributed by atoms with van der Waals surface area (Å²) in [7, 11) is 1.68. The van der Waals surface area contributed by atoms with E-state index in [0.29, 0.717) is 16.7 Å². The van der Waals surface area contributed by atoms with Crippen molar-refractivity contribution in [3.63, 3.8) is 0 Å². The van der Waals surface area contributed by atoms with Gasteiger partial charge in [0, 0.05) is 7.05 Å². The Balaban J connectivity index is 3.10. The smallest absolute Gasteiger partial charge is 0.312 e. The number of carbonyl (C=O) groups is 1. The Kier molecular flexibility index (Phi) is 3.02. The second-order valence-corrected chi connectivity index (χ2v) is 3.44. The highest BCUT2D eigenvalue weighted by atomic mass is 79.9. The number of aromatic nitrogens is 3. The molecule has 0 aliphatic rings. The van der Waals surface area contributed by atoms with Crippen LogP contribution in [0.1, 0.15) is 25.0 Å². The largest absolute Gasteiger partial charge is 0.481 e. The number of hydrogen-bond acceptors (Lipinski definition) is 3. The predicted molar refractivity (Wildman–Crippen MR) is 49.4 cm³/mol. The first kappa shape index (κ1) is 10.2. The van der Waals surface area contributed by atoms with Crippen LogP contribution >= 0.6 is 15.9 Å². The lowest BCUT2D eigenvalue weighted by atomic mass is 10.0. The quantitative estimate of drug-likeness (QED) is 0.871. The summed E-state index contributed by atoms with van der Waals surface area (Å²) < 4.78 is 1.98. The van der Waals surface area contributed by atoms with Gasteiger partial charge in [-0.05, 0) is 22.4 Å². The van der Waals surface area contributed by atoms with Crippen LogP contribution in [0.3, 0.4) is 0 Å². The molecular formula is C7H10BrN3O2. The number of rotatable bonds is 3. The zero-order valence-corrected chi connectivity index (χ0v) is 8.95. The summed E-state index contributed by atoms with van der Waals surface area (Å²) in [5, 5.41) is 16.4. The van der Waals surface area contributed by atoms with Crippen molar-refractivity contribution < 1.29 is 9.90 Å². The fraction of sp³-hybridized carbons (Fsp3) is 0.571.